The summed E-state index contributed by atoms with van der Waals surface area (Å²) in [6.45, 7) is 7.27. The van der Waals surface area contributed by atoms with Crippen molar-refractivity contribution in [2.75, 3.05) is 6.61 Å². The van der Waals surface area contributed by atoms with Gasteiger partial charge in [-0.15, -0.1) is 0 Å². The van der Waals surface area contributed by atoms with E-state index in [0.717, 1.165) is 6.92 Å². The van der Waals surface area contributed by atoms with Crippen LogP contribution >= 0.6 is 0 Å². The molecule has 0 radical (unpaired) electrons. The maximum absolute atomic E-state index is 14.9. The Bertz CT molecular complexity index is 1550. The first-order chi connectivity index (χ1) is 22.6. The van der Waals surface area contributed by atoms with E-state index < -0.39 is 77.2 Å². The number of aliphatic hydroxyl groups excluding tert-OH is 2. The third-order valence-corrected chi connectivity index (χ3v) is 10.1. The van der Waals surface area contributed by atoms with E-state index in [-0.39, 0.29) is 48.5 Å². The molecule has 1 saturated heterocycles. The second-order valence-electron chi connectivity index (χ2n) is 13.8. The first kappa shape index (κ1) is 35.4. The number of hydrogen-bond donors (Lipinski definition) is 3. The molecule has 258 valence electrons. The Labute approximate surface area is 279 Å². The van der Waals surface area contributed by atoms with Gasteiger partial charge >= 0.3 is 17.9 Å². The SMILES string of the molecule is CC(=O)O[C@H]1C(=O)[C@@]2(C)[C@@H]([C@@H]3CO[C@@H]3C[C@@H]2O)[C@H](OC(=O)c2ccccc2)C[C@H](OC(=O)[C@H](O)Cc2ccccc2)/C(C)=C/1C(C)(C)O. The number of aliphatic hydroxyl groups is 3. The molecule has 2 aromatic carbocycles. The highest BCUT2D eigenvalue weighted by molar-refractivity contribution is 5.95. The van der Waals surface area contributed by atoms with Crippen molar-refractivity contribution in [2.45, 2.75) is 96.1 Å². The number of esters is 3. The van der Waals surface area contributed by atoms with Crippen molar-refractivity contribution in [3.63, 3.8) is 0 Å². The molecule has 1 saturated carbocycles. The third-order valence-electron chi connectivity index (χ3n) is 10.1. The predicted octanol–water partition coefficient (Wildman–Crippen LogP) is 3.12. The van der Waals surface area contributed by atoms with E-state index in [1.54, 1.807) is 61.5 Å². The van der Waals surface area contributed by atoms with Crippen molar-refractivity contribution >= 4 is 23.7 Å². The normalized spacial score (nSPS) is 32.6. The van der Waals surface area contributed by atoms with Gasteiger partial charge in [0.15, 0.2) is 18.0 Å². The number of benzene rings is 2. The van der Waals surface area contributed by atoms with Gasteiger partial charge in [0.05, 0.1) is 35.4 Å². The smallest absolute Gasteiger partial charge is 0.338 e. The fourth-order valence-electron chi connectivity index (χ4n) is 7.63. The average Bonchev–Trinajstić information content (AvgIpc) is 3.04. The molecular formula is C37H44O11. The van der Waals surface area contributed by atoms with Gasteiger partial charge in [-0.1, -0.05) is 48.5 Å². The molecule has 11 heteroatoms. The number of ether oxygens (including phenoxy) is 4. The van der Waals surface area contributed by atoms with Crippen molar-refractivity contribution in [3.05, 3.63) is 82.9 Å². The minimum atomic E-state index is -1.79. The van der Waals surface area contributed by atoms with Crippen LogP contribution in [-0.2, 0) is 39.8 Å². The summed E-state index contributed by atoms with van der Waals surface area (Å²) < 4.78 is 23.6. The van der Waals surface area contributed by atoms with Crippen molar-refractivity contribution in [1.82, 2.24) is 0 Å². The number of fused-ring (bicyclic) bond motifs is 3. The Morgan fingerprint density at radius 1 is 1.00 bits per heavy atom. The van der Waals surface area contributed by atoms with Gasteiger partial charge in [-0.3, -0.25) is 9.59 Å². The van der Waals surface area contributed by atoms with Gasteiger partial charge in [0, 0.05) is 43.6 Å². The van der Waals surface area contributed by atoms with Gasteiger partial charge in [0.2, 0.25) is 0 Å². The van der Waals surface area contributed by atoms with Crippen molar-refractivity contribution in [1.29, 1.82) is 0 Å². The summed E-state index contributed by atoms with van der Waals surface area (Å²) in [6.07, 6.45) is -7.49. The first-order valence-electron chi connectivity index (χ1n) is 16.3. The molecule has 1 heterocycles. The van der Waals surface area contributed by atoms with Crippen molar-refractivity contribution in [3.8, 4) is 0 Å². The number of rotatable bonds is 8. The second-order valence-corrected chi connectivity index (χ2v) is 13.8. The molecule has 2 fully saturated rings. The lowest BCUT2D eigenvalue weighted by molar-refractivity contribution is -0.242. The predicted molar refractivity (Wildman–Crippen MR) is 171 cm³/mol. The second kappa shape index (κ2) is 13.9. The van der Waals surface area contributed by atoms with Gasteiger partial charge in [-0.05, 0) is 51.0 Å². The zero-order valence-corrected chi connectivity index (χ0v) is 27.8. The molecule has 2 aromatic rings. The van der Waals surface area contributed by atoms with E-state index >= 15 is 0 Å². The van der Waals surface area contributed by atoms with Crippen molar-refractivity contribution in [2.24, 2.45) is 17.3 Å². The molecule has 5 rings (SSSR count). The molecule has 0 bridgehead atoms. The molecule has 0 spiro atoms. The topological polar surface area (TPSA) is 166 Å². The van der Waals surface area contributed by atoms with Crippen LogP contribution in [-0.4, -0.2) is 87.8 Å². The fraction of sp³-hybridized carbons (Fsp3) is 0.514. The maximum atomic E-state index is 14.9. The highest BCUT2D eigenvalue weighted by atomic mass is 16.6. The lowest BCUT2D eigenvalue weighted by Crippen LogP contribution is -2.67. The van der Waals surface area contributed by atoms with Crippen LogP contribution in [0.25, 0.3) is 0 Å². The van der Waals surface area contributed by atoms with Gasteiger partial charge in [-0.25, -0.2) is 9.59 Å². The summed E-state index contributed by atoms with van der Waals surface area (Å²) >= 11 is 0. The van der Waals surface area contributed by atoms with Crippen LogP contribution in [0.4, 0.5) is 0 Å². The summed E-state index contributed by atoms with van der Waals surface area (Å²) in [5, 5.41) is 34.1. The summed E-state index contributed by atoms with van der Waals surface area (Å²) in [4.78, 5) is 54.6. The minimum Gasteiger partial charge on any atom is -0.458 e. The Morgan fingerprint density at radius 2 is 1.62 bits per heavy atom. The van der Waals surface area contributed by atoms with Crippen LogP contribution in [0.3, 0.4) is 0 Å². The molecule has 0 aromatic heterocycles. The van der Waals surface area contributed by atoms with Crippen LogP contribution < -0.4 is 0 Å². The third kappa shape index (κ3) is 6.96. The fourth-order valence-corrected chi connectivity index (χ4v) is 7.63. The molecule has 9 atom stereocenters. The highest BCUT2D eigenvalue weighted by Gasteiger charge is 2.65. The number of hydrogen-bond acceptors (Lipinski definition) is 11. The number of Topliss-reactive ketones (excluding diaryl/α,β-unsaturated/α-hetero) is 1. The zero-order chi connectivity index (χ0) is 35.0. The minimum absolute atomic E-state index is 0.0350. The molecule has 0 amide bonds. The summed E-state index contributed by atoms with van der Waals surface area (Å²) in [7, 11) is 0. The van der Waals surface area contributed by atoms with Gasteiger partial charge in [-0.2, -0.15) is 0 Å². The first-order valence-corrected chi connectivity index (χ1v) is 16.3. The standard InChI is InChI=1S/C37H44O11/c1-20-26(47-35(43)25(39)16-22-12-8-6-9-13-22)17-28(48-34(42)23-14-10-7-11-15-23)31-24-19-45-27(24)18-29(40)37(31,5)33(41)32(46-21(2)38)30(20)36(3,4)44/h6-15,24-29,31-32,39-40,44H,16-19H2,1-5H3/b30-20-/t24-,25-,26+,27-,28-,29+,31+,32-,37-/m1/s1. The lowest BCUT2D eigenvalue weighted by atomic mass is 9.54. The largest absolute Gasteiger partial charge is 0.458 e. The number of carbonyl (C=O) groups excluding carboxylic acids is 4. The van der Waals surface area contributed by atoms with Crippen LogP contribution in [0.15, 0.2) is 71.8 Å². The zero-order valence-electron chi connectivity index (χ0n) is 27.8. The van der Waals surface area contributed by atoms with E-state index in [1.807, 2.05) is 6.07 Å². The maximum Gasteiger partial charge on any atom is 0.338 e. The lowest BCUT2D eigenvalue weighted by Gasteiger charge is -2.57. The van der Waals surface area contributed by atoms with Crippen LogP contribution in [0.5, 0.6) is 0 Å². The highest BCUT2D eigenvalue weighted by Crippen LogP contribution is 2.55. The van der Waals surface area contributed by atoms with Crippen LogP contribution in [0.2, 0.25) is 0 Å². The summed E-state index contributed by atoms with van der Waals surface area (Å²) in [5.74, 6) is -4.38. The number of carbonyl (C=O) groups is 4. The quantitative estimate of drug-likeness (QED) is 0.216. The average molecular weight is 665 g/mol. The van der Waals surface area contributed by atoms with E-state index in [0.29, 0.717) is 5.56 Å². The Morgan fingerprint density at radius 3 is 2.19 bits per heavy atom. The van der Waals surface area contributed by atoms with E-state index in [2.05, 4.69) is 0 Å². The molecule has 2 aliphatic carbocycles. The van der Waals surface area contributed by atoms with Gasteiger partial charge in [0.1, 0.15) is 12.2 Å². The summed E-state index contributed by atoms with van der Waals surface area (Å²) in [6, 6.07) is 17.1. The Hall–Kier alpha value is -3.90. The van der Waals surface area contributed by atoms with Gasteiger partial charge in [0.25, 0.3) is 0 Å². The molecule has 0 unspecified atom stereocenters. The molecular weight excluding hydrogens is 620 g/mol. The monoisotopic (exact) mass is 664 g/mol. The van der Waals surface area contributed by atoms with Crippen LogP contribution in [0, 0.1) is 17.3 Å². The number of ketones is 1. The molecule has 48 heavy (non-hydrogen) atoms. The van der Waals surface area contributed by atoms with E-state index in [4.69, 9.17) is 18.9 Å². The Kier molecular flexibility index (Phi) is 10.3. The van der Waals surface area contributed by atoms with E-state index in [1.165, 1.54) is 20.8 Å². The summed E-state index contributed by atoms with van der Waals surface area (Å²) in [5.41, 5.74) is -2.36. The van der Waals surface area contributed by atoms with Gasteiger partial charge < -0.3 is 34.3 Å². The molecule has 1 aliphatic heterocycles. The van der Waals surface area contributed by atoms with E-state index in [9.17, 15) is 34.5 Å². The molecule has 11 nitrogen and oxygen atoms in total. The molecule has 3 N–H and O–H groups in total. The van der Waals surface area contributed by atoms with Crippen molar-refractivity contribution < 1.29 is 53.4 Å². The van der Waals surface area contributed by atoms with Crippen LogP contribution in [0.1, 0.15) is 63.4 Å². The molecule has 3 aliphatic rings. The Balaban J connectivity index is 1.66.